The van der Waals surface area contributed by atoms with Gasteiger partial charge in [-0.2, -0.15) is 5.10 Å². The van der Waals surface area contributed by atoms with E-state index in [4.69, 9.17) is 9.47 Å². The molecule has 112 valence electrons. The van der Waals surface area contributed by atoms with Gasteiger partial charge in [-0.1, -0.05) is 0 Å². The Balaban J connectivity index is 1.66. The van der Waals surface area contributed by atoms with Crippen molar-refractivity contribution in [3.63, 3.8) is 0 Å². The normalized spacial score (nSPS) is 27.4. The van der Waals surface area contributed by atoms with E-state index < -0.39 is 0 Å². The molecule has 1 fully saturated rings. The Morgan fingerprint density at radius 3 is 3.15 bits per heavy atom. The Hall–Kier alpha value is -0.910. The Morgan fingerprint density at radius 1 is 1.40 bits per heavy atom. The van der Waals surface area contributed by atoms with Gasteiger partial charge in [-0.05, 0) is 25.3 Å². The van der Waals surface area contributed by atoms with Gasteiger partial charge in [-0.15, -0.1) is 0 Å². The fraction of sp³-hybridized carbons (Fsp3) is 0.800. The molecule has 1 saturated heterocycles. The smallest absolute Gasteiger partial charge is 0.0524 e. The fourth-order valence-corrected chi connectivity index (χ4v) is 3.24. The van der Waals surface area contributed by atoms with Gasteiger partial charge in [-0.25, -0.2) is 0 Å². The highest BCUT2D eigenvalue weighted by atomic mass is 16.5. The van der Waals surface area contributed by atoms with E-state index in [9.17, 15) is 0 Å². The lowest BCUT2D eigenvalue weighted by atomic mass is 10.1. The molecule has 0 amide bonds. The third-order valence-electron chi connectivity index (χ3n) is 4.24. The predicted molar refractivity (Wildman–Crippen MR) is 76.4 cm³/mol. The molecule has 2 atom stereocenters. The standard InChI is InChI=1S/C15H25N3O2/c1-2-19-12-14-8-17(7-13-4-6-20-11-13)10-15-3-5-16-18(15)9-14/h3,5,13-14H,2,4,6-12H2,1H3/t13-,14+/m1/s1. The summed E-state index contributed by atoms with van der Waals surface area (Å²) in [6.07, 6.45) is 3.11. The molecular formula is C15H25N3O2. The van der Waals surface area contributed by atoms with Gasteiger partial charge in [0.15, 0.2) is 0 Å². The lowest BCUT2D eigenvalue weighted by Crippen LogP contribution is -2.34. The van der Waals surface area contributed by atoms with Crippen LogP contribution in [0, 0.1) is 11.8 Å². The highest BCUT2D eigenvalue weighted by Gasteiger charge is 2.25. The van der Waals surface area contributed by atoms with E-state index in [0.717, 1.165) is 52.6 Å². The quantitative estimate of drug-likeness (QED) is 0.816. The van der Waals surface area contributed by atoms with Crippen LogP contribution in [0.3, 0.4) is 0 Å². The summed E-state index contributed by atoms with van der Waals surface area (Å²) in [6.45, 7) is 9.73. The van der Waals surface area contributed by atoms with E-state index in [2.05, 4.69) is 27.7 Å². The molecule has 0 N–H and O–H groups in total. The molecular weight excluding hydrogens is 254 g/mol. The molecule has 0 aromatic carbocycles. The summed E-state index contributed by atoms with van der Waals surface area (Å²) in [5.41, 5.74) is 1.32. The van der Waals surface area contributed by atoms with E-state index in [1.807, 2.05) is 6.20 Å². The van der Waals surface area contributed by atoms with Crippen molar-refractivity contribution in [2.24, 2.45) is 11.8 Å². The molecule has 0 spiro atoms. The van der Waals surface area contributed by atoms with Crippen molar-refractivity contribution in [2.45, 2.75) is 26.4 Å². The van der Waals surface area contributed by atoms with Gasteiger partial charge in [-0.3, -0.25) is 9.58 Å². The summed E-state index contributed by atoms with van der Waals surface area (Å²) in [5, 5.41) is 4.45. The molecule has 0 aliphatic carbocycles. The minimum Gasteiger partial charge on any atom is -0.381 e. The molecule has 5 heteroatoms. The topological polar surface area (TPSA) is 39.5 Å². The minimum absolute atomic E-state index is 0.526. The molecule has 0 unspecified atom stereocenters. The first-order chi connectivity index (χ1) is 9.85. The lowest BCUT2D eigenvalue weighted by molar-refractivity contribution is 0.0807. The largest absolute Gasteiger partial charge is 0.381 e. The molecule has 0 bridgehead atoms. The molecule has 0 saturated carbocycles. The highest BCUT2D eigenvalue weighted by molar-refractivity contribution is 5.02. The van der Waals surface area contributed by atoms with Crippen LogP contribution in [0.4, 0.5) is 0 Å². The van der Waals surface area contributed by atoms with Crippen LogP contribution in [-0.2, 0) is 22.6 Å². The number of fused-ring (bicyclic) bond motifs is 1. The molecule has 5 nitrogen and oxygen atoms in total. The zero-order valence-corrected chi connectivity index (χ0v) is 12.3. The summed E-state index contributed by atoms with van der Waals surface area (Å²) in [5.74, 6) is 1.22. The Bertz CT molecular complexity index is 415. The van der Waals surface area contributed by atoms with Crippen molar-refractivity contribution in [3.05, 3.63) is 18.0 Å². The molecule has 2 aliphatic rings. The van der Waals surface area contributed by atoms with Crippen molar-refractivity contribution < 1.29 is 9.47 Å². The van der Waals surface area contributed by atoms with Gasteiger partial charge >= 0.3 is 0 Å². The van der Waals surface area contributed by atoms with E-state index in [0.29, 0.717) is 11.8 Å². The summed E-state index contributed by atoms with van der Waals surface area (Å²) < 4.78 is 13.3. The monoisotopic (exact) mass is 279 g/mol. The maximum atomic E-state index is 5.65. The van der Waals surface area contributed by atoms with Gasteiger partial charge in [0, 0.05) is 51.5 Å². The number of hydrogen-bond acceptors (Lipinski definition) is 4. The SMILES string of the molecule is CCOC[C@H]1CN(C[C@H]2CCOC2)Cc2ccnn2C1. The van der Waals surface area contributed by atoms with Gasteiger partial charge in [0.25, 0.3) is 0 Å². The second kappa shape index (κ2) is 6.70. The number of aromatic nitrogens is 2. The first-order valence-electron chi connectivity index (χ1n) is 7.73. The van der Waals surface area contributed by atoms with Gasteiger partial charge < -0.3 is 9.47 Å². The first kappa shape index (κ1) is 14.0. The summed E-state index contributed by atoms with van der Waals surface area (Å²) in [7, 11) is 0. The van der Waals surface area contributed by atoms with Crippen LogP contribution in [0.25, 0.3) is 0 Å². The zero-order valence-electron chi connectivity index (χ0n) is 12.3. The maximum absolute atomic E-state index is 5.65. The molecule has 1 aromatic heterocycles. The zero-order chi connectivity index (χ0) is 13.8. The summed E-state index contributed by atoms with van der Waals surface area (Å²) in [4.78, 5) is 2.56. The van der Waals surface area contributed by atoms with Crippen molar-refractivity contribution >= 4 is 0 Å². The Labute approximate surface area is 120 Å². The van der Waals surface area contributed by atoms with Crippen molar-refractivity contribution in [3.8, 4) is 0 Å². The summed E-state index contributed by atoms with van der Waals surface area (Å²) in [6, 6.07) is 2.14. The second-order valence-electron chi connectivity index (χ2n) is 5.95. The molecule has 2 aliphatic heterocycles. The van der Waals surface area contributed by atoms with Crippen LogP contribution in [0.15, 0.2) is 12.3 Å². The van der Waals surface area contributed by atoms with Crippen molar-refractivity contribution in [1.82, 2.24) is 14.7 Å². The minimum atomic E-state index is 0.526. The van der Waals surface area contributed by atoms with Crippen LogP contribution >= 0.6 is 0 Å². The Kier molecular flexibility index (Phi) is 4.70. The predicted octanol–water partition coefficient (Wildman–Crippen LogP) is 1.39. The van der Waals surface area contributed by atoms with E-state index in [1.165, 1.54) is 12.1 Å². The number of hydrogen-bond donors (Lipinski definition) is 0. The average molecular weight is 279 g/mol. The van der Waals surface area contributed by atoms with Crippen LogP contribution in [0.2, 0.25) is 0 Å². The van der Waals surface area contributed by atoms with E-state index in [1.54, 1.807) is 0 Å². The molecule has 3 heterocycles. The number of nitrogens with zero attached hydrogens (tertiary/aromatic N) is 3. The molecule has 0 radical (unpaired) electrons. The third kappa shape index (κ3) is 3.40. The van der Waals surface area contributed by atoms with Gasteiger partial charge in [0.1, 0.15) is 0 Å². The van der Waals surface area contributed by atoms with Crippen LogP contribution < -0.4 is 0 Å². The van der Waals surface area contributed by atoms with Crippen molar-refractivity contribution in [1.29, 1.82) is 0 Å². The number of rotatable bonds is 5. The number of ether oxygens (including phenoxy) is 2. The van der Waals surface area contributed by atoms with Crippen LogP contribution in [0.1, 0.15) is 19.0 Å². The summed E-state index contributed by atoms with van der Waals surface area (Å²) >= 11 is 0. The Morgan fingerprint density at radius 2 is 2.35 bits per heavy atom. The van der Waals surface area contributed by atoms with E-state index in [-0.39, 0.29) is 0 Å². The maximum Gasteiger partial charge on any atom is 0.0524 e. The van der Waals surface area contributed by atoms with Gasteiger partial charge in [0.05, 0.1) is 18.9 Å². The van der Waals surface area contributed by atoms with Crippen LogP contribution in [0.5, 0.6) is 0 Å². The van der Waals surface area contributed by atoms with Gasteiger partial charge in [0.2, 0.25) is 0 Å². The fourth-order valence-electron chi connectivity index (χ4n) is 3.24. The third-order valence-corrected chi connectivity index (χ3v) is 4.24. The average Bonchev–Trinajstić information content (AvgIpc) is 3.06. The van der Waals surface area contributed by atoms with Crippen molar-refractivity contribution in [2.75, 3.05) is 39.5 Å². The molecule has 1 aromatic rings. The first-order valence-corrected chi connectivity index (χ1v) is 7.73. The second-order valence-corrected chi connectivity index (χ2v) is 5.95. The highest BCUT2D eigenvalue weighted by Crippen LogP contribution is 2.20. The van der Waals surface area contributed by atoms with E-state index >= 15 is 0 Å². The lowest BCUT2D eigenvalue weighted by Gasteiger charge is -2.25. The molecule has 3 rings (SSSR count). The van der Waals surface area contributed by atoms with Crippen LogP contribution in [-0.4, -0.2) is 54.2 Å². The molecule has 20 heavy (non-hydrogen) atoms.